The van der Waals surface area contributed by atoms with Crippen LogP contribution >= 0.6 is 22.6 Å². The fourth-order valence-corrected chi connectivity index (χ4v) is 3.53. The van der Waals surface area contributed by atoms with Crippen LogP contribution < -0.4 is 10.8 Å². The number of nitrogens with one attached hydrogen (secondary N) is 2. The van der Waals surface area contributed by atoms with E-state index in [0.29, 0.717) is 25.0 Å². The molecule has 0 aliphatic heterocycles. The minimum absolute atomic E-state index is 0.0949. The van der Waals surface area contributed by atoms with Gasteiger partial charge >= 0.3 is 6.09 Å². The highest BCUT2D eigenvalue weighted by atomic mass is 127. The number of benzene rings is 2. The summed E-state index contributed by atoms with van der Waals surface area (Å²) in [6, 6.07) is 13.0. The number of ether oxygens (including phenoxy) is 2. The molecular weight excluding hydrogens is 543 g/mol. The third-order valence-electron chi connectivity index (χ3n) is 4.50. The van der Waals surface area contributed by atoms with Crippen LogP contribution in [0.5, 0.6) is 5.75 Å². The number of phenolic OH excluding ortho intramolecular Hbond substituents is 1. The van der Waals surface area contributed by atoms with Crippen LogP contribution in [0.2, 0.25) is 0 Å². The minimum Gasteiger partial charge on any atom is -0.508 e. The van der Waals surface area contributed by atoms with Crippen molar-refractivity contribution in [3.63, 3.8) is 0 Å². The van der Waals surface area contributed by atoms with E-state index >= 15 is 0 Å². The van der Waals surface area contributed by atoms with Gasteiger partial charge in [-0.25, -0.2) is 10.3 Å². The van der Waals surface area contributed by atoms with Gasteiger partial charge in [0.05, 0.1) is 6.10 Å². The van der Waals surface area contributed by atoms with Crippen LogP contribution in [0.1, 0.15) is 41.8 Å². The summed E-state index contributed by atoms with van der Waals surface area (Å²) in [5, 5.41) is 21.2. The molecule has 0 fully saturated rings. The molecule has 10 heteroatoms. The van der Waals surface area contributed by atoms with E-state index in [0.717, 1.165) is 9.65 Å². The summed E-state index contributed by atoms with van der Waals surface area (Å²) < 4.78 is 12.2. The van der Waals surface area contributed by atoms with Gasteiger partial charge in [-0.15, -0.1) is 0 Å². The van der Waals surface area contributed by atoms with Gasteiger partial charge in [0.25, 0.3) is 11.8 Å². The molecule has 3 amide bonds. The Hall–Kier alpha value is -2.96. The van der Waals surface area contributed by atoms with Crippen molar-refractivity contribution in [1.29, 1.82) is 0 Å². The Morgan fingerprint density at radius 3 is 2.55 bits per heavy atom. The highest BCUT2D eigenvalue weighted by molar-refractivity contribution is 14.1. The maximum Gasteiger partial charge on any atom is 0.414 e. The van der Waals surface area contributed by atoms with Crippen LogP contribution in [0.25, 0.3) is 0 Å². The van der Waals surface area contributed by atoms with Crippen molar-refractivity contribution in [1.82, 2.24) is 10.8 Å². The summed E-state index contributed by atoms with van der Waals surface area (Å²) in [6.45, 7) is 2.06. The Balaban J connectivity index is 2.24. The number of amides is 3. The highest BCUT2D eigenvalue weighted by Crippen LogP contribution is 2.34. The maximum atomic E-state index is 12.6. The number of alkyl carbamates (subject to hydrolysis) is 1. The molecule has 0 radical (unpaired) electrons. The standard InChI is InChI=1S/C23H25IN2O7/c1-2-32-19(10-6-7-11-20(28)26-31)21(17-14-16(24)12-13-18(17)27)33-23(30)25-22(29)15-8-4-3-5-9-15/h3-5,7-9,11-14,19,21,27,31H,2,6,10H2,1H3,(H,26,28)(H,25,29,30)/b11-7+/t19-,21-/m0/s1. The largest absolute Gasteiger partial charge is 0.508 e. The number of hydrogen-bond acceptors (Lipinski definition) is 7. The van der Waals surface area contributed by atoms with E-state index in [1.54, 1.807) is 49.4 Å². The van der Waals surface area contributed by atoms with Gasteiger partial charge in [-0.1, -0.05) is 24.3 Å². The molecule has 0 heterocycles. The Bertz CT molecular complexity index is 982. The van der Waals surface area contributed by atoms with Crippen LogP contribution in [-0.2, 0) is 14.3 Å². The predicted molar refractivity (Wildman–Crippen MR) is 128 cm³/mol. The maximum absolute atomic E-state index is 12.6. The molecule has 0 bridgehead atoms. The summed E-state index contributed by atoms with van der Waals surface area (Å²) >= 11 is 2.07. The van der Waals surface area contributed by atoms with Gasteiger partial charge in [0.1, 0.15) is 5.75 Å². The number of allylic oxidation sites excluding steroid dienone is 1. The molecule has 2 rings (SSSR count). The lowest BCUT2D eigenvalue weighted by molar-refractivity contribution is -0.124. The molecule has 0 unspecified atom stereocenters. The fraction of sp³-hybridized carbons (Fsp3) is 0.261. The average Bonchev–Trinajstić information content (AvgIpc) is 2.81. The molecule has 4 N–H and O–H groups in total. The molecule has 0 aromatic heterocycles. The predicted octanol–water partition coefficient (Wildman–Crippen LogP) is 3.85. The topological polar surface area (TPSA) is 134 Å². The van der Waals surface area contributed by atoms with Crippen LogP contribution in [-0.4, -0.2) is 40.9 Å². The van der Waals surface area contributed by atoms with Gasteiger partial charge in [0.15, 0.2) is 6.10 Å². The quantitative estimate of drug-likeness (QED) is 0.148. The second-order valence-electron chi connectivity index (χ2n) is 6.80. The van der Waals surface area contributed by atoms with E-state index in [1.165, 1.54) is 17.6 Å². The van der Waals surface area contributed by atoms with E-state index < -0.39 is 30.1 Å². The molecule has 9 nitrogen and oxygen atoms in total. The molecule has 2 aromatic carbocycles. The van der Waals surface area contributed by atoms with Gasteiger partial charge < -0.3 is 14.6 Å². The molecule has 176 valence electrons. The van der Waals surface area contributed by atoms with Crippen molar-refractivity contribution in [2.75, 3.05) is 6.61 Å². The van der Waals surface area contributed by atoms with Crippen molar-refractivity contribution in [2.24, 2.45) is 0 Å². The van der Waals surface area contributed by atoms with Gasteiger partial charge in [-0.2, -0.15) is 0 Å². The molecule has 0 aliphatic rings. The first-order valence-corrected chi connectivity index (χ1v) is 11.2. The fourth-order valence-electron chi connectivity index (χ4n) is 3.02. The first-order chi connectivity index (χ1) is 15.8. The Morgan fingerprint density at radius 2 is 1.88 bits per heavy atom. The third-order valence-corrected chi connectivity index (χ3v) is 5.17. The SMILES string of the molecule is CCO[C@@H](CC/C=C/C(=O)NO)[C@@H](OC(=O)NC(=O)c1ccccc1)c1cc(I)ccc1O. The Kier molecular flexibility index (Phi) is 10.8. The van der Waals surface area contributed by atoms with Gasteiger partial charge in [0.2, 0.25) is 0 Å². The lowest BCUT2D eigenvalue weighted by atomic mass is 9.99. The Morgan fingerprint density at radius 1 is 1.15 bits per heavy atom. The van der Waals surface area contributed by atoms with Crippen LogP contribution in [0.3, 0.4) is 0 Å². The lowest BCUT2D eigenvalue weighted by Gasteiger charge is -2.27. The van der Waals surface area contributed by atoms with Crippen LogP contribution in [0.15, 0.2) is 60.7 Å². The van der Waals surface area contributed by atoms with Crippen LogP contribution in [0, 0.1) is 3.57 Å². The second-order valence-corrected chi connectivity index (χ2v) is 8.04. The summed E-state index contributed by atoms with van der Waals surface area (Å²) in [4.78, 5) is 36.1. The van der Waals surface area contributed by atoms with Crippen molar-refractivity contribution >= 4 is 40.5 Å². The van der Waals surface area contributed by atoms with Crippen molar-refractivity contribution < 1.29 is 34.2 Å². The van der Waals surface area contributed by atoms with Crippen LogP contribution in [0.4, 0.5) is 4.79 Å². The van der Waals surface area contributed by atoms with E-state index in [1.807, 2.05) is 0 Å². The van der Waals surface area contributed by atoms with E-state index in [4.69, 9.17) is 14.7 Å². The minimum atomic E-state index is -1.04. The molecular formula is C23H25IN2O7. The van der Waals surface area contributed by atoms with Crippen molar-refractivity contribution in [2.45, 2.75) is 32.0 Å². The van der Waals surface area contributed by atoms with Gasteiger partial charge in [-0.05, 0) is 72.7 Å². The lowest BCUT2D eigenvalue weighted by Crippen LogP contribution is -2.35. The first kappa shape index (κ1) is 26.3. The summed E-state index contributed by atoms with van der Waals surface area (Å²) in [6.07, 6.45) is 0.634. The monoisotopic (exact) mass is 568 g/mol. The van der Waals surface area contributed by atoms with E-state index in [2.05, 4.69) is 27.9 Å². The first-order valence-electron chi connectivity index (χ1n) is 10.1. The number of aromatic hydroxyl groups is 1. The number of hydrogen-bond donors (Lipinski definition) is 4. The van der Waals surface area contributed by atoms with E-state index in [-0.39, 0.29) is 11.3 Å². The molecule has 33 heavy (non-hydrogen) atoms. The number of halogens is 1. The molecule has 0 saturated heterocycles. The highest BCUT2D eigenvalue weighted by Gasteiger charge is 2.30. The number of carbonyl (C=O) groups excluding carboxylic acids is 3. The number of rotatable bonds is 10. The third kappa shape index (κ3) is 8.48. The molecule has 2 aromatic rings. The van der Waals surface area contributed by atoms with Gasteiger partial charge in [-0.3, -0.25) is 20.1 Å². The molecule has 0 saturated carbocycles. The van der Waals surface area contributed by atoms with Crippen molar-refractivity contribution in [3.8, 4) is 5.75 Å². The zero-order chi connectivity index (χ0) is 24.2. The smallest absolute Gasteiger partial charge is 0.414 e. The zero-order valence-corrected chi connectivity index (χ0v) is 20.0. The summed E-state index contributed by atoms with van der Waals surface area (Å²) in [7, 11) is 0. The number of phenols is 1. The number of imide groups is 1. The second kappa shape index (κ2) is 13.6. The normalized spacial score (nSPS) is 12.7. The number of hydroxylamine groups is 1. The van der Waals surface area contributed by atoms with E-state index in [9.17, 15) is 19.5 Å². The molecule has 0 spiro atoms. The zero-order valence-electron chi connectivity index (χ0n) is 17.9. The molecule has 2 atom stereocenters. The summed E-state index contributed by atoms with van der Waals surface area (Å²) in [5.41, 5.74) is 2.11. The average molecular weight is 568 g/mol. The number of carbonyl (C=O) groups is 3. The Labute approximate surface area is 204 Å². The summed E-state index contributed by atoms with van der Waals surface area (Å²) in [5.74, 6) is -1.40. The molecule has 0 aliphatic carbocycles. The van der Waals surface area contributed by atoms with Gasteiger partial charge in [0, 0.05) is 27.4 Å². The van der Waals surface area contributed by atoms with Crippen molar-refractivity contribution in [3.05, 3.63) is 75.4 Å².